The second kappa shape index (κ2) is 9.72. The molecule has 6 N–H and O–H groups in total. The number of ether oxygens (including phenoxy) is 1. The van der Waals surface area contributed by atoms with Crippen LogP contribution >= 0.6 is 30.2 Å². The maximum Gasteiger partial charge on any atom is 0.359 e. The average molecular weight is 575 g/mol. The first-order chi connectivity index (χ1) is 14.2. The third-order valence-electron chi connectivity index (χ3n) is 5.93. The molecule has 1 fully saturated rings. The lowest BCUT2D eigenvalue weighted by Gasteiger charge is -2.38. The minimum absolute atomic E-state index is 0.0199. The molecule has 0 bridgehead atoms. The van der Waals surface area contributed by atoms with Crippen LogP contribution in [0.3, 0.4) is 0 Å². The number of hydrogen-bond donors (Lipinski definition) is 5. The first kappa shape index (κ1) is 26.7. The lowest BCUT2D eigenvalue weighted by Crippen LogP contribution is -2.40. The van der Waals surface area contributed by atoms with E-state index in [9.17, 15) is 29.6 Å². The molecule has 11 nitrogen and oxygen atoms in total. The fourth-order valence-corrected chi connectivity index (χ4v) is 5.66. The fraction of sp³-hybridized carbons (Fsp3) is 0.778. The van der Waals surface area contributed by atoms with Crippen LogP contribution in [0.15, 0.2) is 11.0 Å². The molecule has 0 spiro atoms. The quantitative estimate of drug-likeness (QED) is 0.213. The number of nitrogens with zero attached hydrogens (tertiary/aromatic N) is 2. The highest BCUT2D eigenvalue weighted by molar-refractivity contribution is 14.1. The van der Waals surface area contributed by atoms with Crippen LogP contribution in [-0.4, -0.2) is 59.0 Å². The molecule has 2 rings (SSSR count). The smallest absolute Gasteiger partial charge is 0.359 e. The van der Waals surface area contributed by atoms with Crippen molar-refractivity contribution in [3.63, 3.8) is 0 Å². The van der Waals surface area contributed by atoms with Crippen molar-refractivity contribution in [3.05, 3.63) is 20.3 Å². The van der Waals surface area contributed by atoms with Crippen molar-refractivity contribution in [2.24, 2.45) is 0 Å². The number of halogens is 1. The van der Waals surface area contributed by atoms with E-state index >= 15 is 0 Å². The van der Waals surface area contributed by atoms with Crippen molar-refractivity contribution < 1.29 is 34.0 Å². The summed E-state index contributed by atoms with van der Waals surface area (Å²) in [6, 6.07) is 0. The van der Waals surface area contributed by atoms with Gasteiger partial charge in [0, 0.05) is 12.6 Å². The third kappa shape index (κ3) is 5.32. The van der Waals surface area contributed by atoms with Gasteiger partial charge in [-0.15, -0.1) is 0 Å². The normalized spacial score (nSPS) is 28.3. The van der Waals surface area contributed by atoms with E-state index in [1.807, 2.05) is 22.6 Å². The van der Waals surface area contributed by atoms with Crippen molar-refractivity contribution in [2.75, 3.05) is 5.73 Å². The van der Waals surface area contributed by atoms with Gasteiger partial charge in [-0.1, -0.05) is 20.8 Å². The van der Waals surface area contributed by atoms with Crippen LogP contribution in [-0.2, 0) is 13.8 Å². The fourth-order valence-electron chi connectivity index (χ4n) is 3.47. The number of anilines is 1. The average Bonchev–Trinajstić information content (AvgIpc) is 2.97. The Balaban J connectivity index is 2.27. The summed E-state index contributed by atoms with van der Waals surface area (Å²) in [5, 5.41) is 29.7. The highest BCUT2D eigenvalue weighted by Crippen LogP contribution is 2.60. The predicted molar refractivity (Wildman–Crippen MR) is 121 cm³/mol. The maximum atomic E-state index is 12.9. The number of hydrogen-bond acceptors (Lipinski definition) is 9. The van der Waals surface area contributed by atoms with E-state index in [0.717, 1.165) is 4.57 Å². The Hall–Kier alpha value is -0.600. The van der Waals surface area contributed by atoms with Gasteiger partial charge in [-0.25, -0.2) is 4.79 Å². The zero-order valence-corrected chi connectivity index (χ0v) is 21.0. The Morgan fingerprint density at radius 3 is 2.39 bits per heavy atom. The molecule has 13 heteroatoms. The topological polar surface area (TPSA) is 177 Å². The van der Waals surface area contributed by atoms with E-state index in [2.05, 4.69) is 4.98 Å². The Morgan fingerprint density at radius 2 is 1.87 bits per heavy atom. The van der Waals surface area contributed by atoms with E-state index in [1.165, 1.54) is 6.20 Å². The summed E-state index contributed by atoms with van der Waals surface area (Å²) in [4.78, 5) is 26.4. The molecule has 2 unspecified atom stereocenters. The van der Waals surface area contributed by atoms with Crippen LogP contribution < -0.4 is 11.4 Å². The lowest BCUT2D eigenvalue weighted by molar-refractivity contribution is -0.0721. The molecule has 0 aliphatic carbocycles. The van der Waals surface area contributed by atoms with Gasteiger partial charge in [-0.3, -0.25) is 9.13 Å². The summed E-state index contributed by atoms with van der Waals surface area (Å²) in [5.41, 5.74) is 3.61. The Kier molecular flexibility index (Phi) is 8.35. The van der Waals surface area contributed by atoms with Crippen LogP contribution in [0.1, 0.15) is 59.6 Å². The molecular formula is C18H31IN3O8P. The van der Waals surface area contributed by atoms with E-state index in [0.29, 0.717) is 3.57 Å². The minimum Gasteiger partial charge on any atom is -0.388 e. The zero-order valence-electron chi connectivity index (χ0n) is 17.9. The van der Waals surface area contributed by atoms with Crippen LogP contribution in [0.2, 0.25) is 0 Å². The molecule has 31 heavy (non-hydrogen) atoms. The van der Waals surface area contributed by atoms with Crippen LogP contribution in [0, 0.1) is 3.57 Å². The summed E-state index contributed by atoms with van der Waals surface area (Å²) >= 11 is 1.88. The van der Waals surface area contributed by atoms with Gasteiger partial charge in [0.25, 0.3) is 0 Å². The van der Waals surface area contributed by atoms with Crippen LogP contribution in [0.4, 0.5) is 5.82 Å². The summed E-state index contributed by atoms with van der Waals surface area (Å²) in [5.74, 6) is 0.0384. The molecule has 6 atom stereocenters. The number of aliphatic hydroxyl groups excluding tert-OH is 2. The van der Waals surface area contributed by atoms with Gasteiger partial charge >= 0.3 is 13.3 Å². The monoisotopic (exact) mass is 575 g/mol. The van der Waals surface area contributed by atoms with Crippen molar-refractivity contribution in [2.45, 2.75) is 88.9 Å². The highest BCUT2D eigenvalue weighted by Gasteiger charge is 2.51. The number of aromatic nitrogens is 2. The molecule has 2 heterocycles. The first-order valence-corrected chi connectivity index (χ1v) is 12.7. The number of rotatable bonds is 9. The molecule has 1 aromatic rings. The van der Waals surface area contributed by atoms with E-state index in [-0.39, 0.29) is 31.5 Å². The summed E-state index contributed by atoms with van der Waals surface area (Å²) in [7, 11) is -4.46. The van der Waals surface area contributed by atoms with E-state index in [1.54, 1.807) is 27.7 Å². The molecule has 178 valence electrons. The largest absolute Gasteiger partial charge is 0.388 e. The standard InChI is InChI=1S/C18H31IN3O8P/c1-5-17(4,30-31(27,28)18(26,6-2)7-3)8-11-12(23)13(24)15(29-11)22-9-10(19)14(20)21-16(22)25/h9,11-13,15,23-24,26H,5-8H2,1-4H3,(H,27,28)(H2,20,21,25)/t11-,12-,13-,15-,17?/m1/s1. The van der Waals surface area contributed by atoms with Crippen molar-refractivity contribution in [1.29, 1.82) is 0 Å². The summed E-state index contributed by atoms with van der Waals surface area (Å²) < 4.78 is 25.7. The Morgan fingerprint density at radius 1 is 1.29 bits per heavy atom. The van der Waals surface area contributed by atoms with Gasteiger partial charge in [0.2, 0.25) is 0 Å². The minimum atomic E-state index is -4.46. The zero-order chi connectivity index (χ0) is 23.8. The lowest BCUT2D eigenvalue weighted by atomic mass is 9.93. The van der Waals surface area contributed by atoms with Gasteiger partial charge in [0.1, 0.15) is 18.0 Å². The van der Waals surface area contributed by atoms with Gasteiger partial charge in [-0.05, 0) is 48.8 Å². The summed E-state index contributed by atoms with van der Waals surface area (Å²) in [6.45, 7) is 6.47. The van der Waals surface area contributed by atoms with Crippen LogP contribution in [0.5, 0.6) is 0 Å². The summed E-state index contributed by atoms with van der Waals surface area (Å²) in [6.07, 6.45) is -3.48. The molecule has 1 saturated heterocycles. The van der Waals surface area contributed by atoms with E-state index < -0.39 is 48.8 Å². The highest BCUT2D eigenvalue weighted by atomic mass is 127. The second-order valence-corrected chi connectivity index (χ2v) is 11.2. The molecule has 1 aliphatic rings. The van der Waals surface area contributed by atoms with Gasteiger partial charge in [-0.2, -0.15) is 4.98 Å². The number of aliphatic hydroxyl groups is 3. The second-order valence-electron chi connectivity index (χ2n) is 8.02. The van der Waals surface area contributed by atoms with Crippen LogP contribution in [0.25, 0.3) is 0 Å². The molecular weight excluding hydrogens is 544 g/mol. The maximum absolute atomic E-state index is 12.9. The Bertz CT molecular complexity index is 895. The molecule has 0 amide bonds. The molecule has 1 aliphatic heterocycles. The van der Waals surface area contributed by atoms with Crippen molar-refractivity contribution >= 4 is 36.0 Å². The van der Waals surface area contributed by atoms with Gasteiger partial charge in [0.05, 0.1) is 15.3 Å². The van der Waals surface area contributed by atoms with Crippen molar-refractivity contribution in [1.82, 2.24) is 9.55 Å². The Labute approximate surface area is 194 Å². The molecule has 0 saturated carbocycles. The SMILES string of the molecule is CCC(C)(C[C@H]1O[C@@H](n2cc(I)c(N)nc2=O)[C@H](O)[C@@H]1O)OP(=O)(O)C(O)(CC)CC. The first-order valence-electron chi connectivity index (χ1n) is 10.1. The van der Waals surface area contributed by atoms with Gasteiger partial charge < -0.3 is 35.2 Å². The van der Waals surface area contributed by atoms with Gasteiger partial charge in [0.15, 0.2) is 11.6 Å². The number of nitrogens with two attached hydrogens (primary N) is 1. The van der Waals surface area contributed by atoms with Crippen molar-refractivity contribution in [3.8, 4) is 0 Å². The molecule has 0 radical (unpaired) electrons. The third-order valence-corrected chi connectivity index (χ3v) is 9.13. The molecule has 0 aromatic carbocycles. The predicted octanol–water partition coefficient (Wildman–Crippen LogP) is 1.32. The molecule has 1 aromatic heterocycles. The number of nitrogen functional groups attached to an aromatic ring is 1. The van der Waals surface area contributed by atoms with E-state index in [4.69, 9.17) is 15.0 Å².